The maximum Gasteiger partial charge on any atom is 0.182 e. The molecule has 1 aromatic carbocycles. The van der Waals surface area contributed by atoms with Crippen LogP contribution in [0.1, 0.15) is 38.3 Å². The van der Waals surface area contributed by atoms with Gasteiger partial charge >= 0.3 is 0 Å². The number of nitrogen functional groups attached to an aromatic ring is 1. The van der Waals surface area contributed by atoms with Gasteiger partial charge in [-0.05, 0) is 54.5 Å². The Morgan fingerprint density at radius 3 is 2.83 bits per heavy atom. The number of nitrogens with two attached hydrogens (primary N) is 1. The van der Waals surface area contributed by atoms with Crippen LogP contribution in [0.25, 0.3) is 11.4 Å². The standard InChI is InChI=1S/C13H19N5/c1-4-5-10(3)18-13(15-16-17-18)11-6-7-12(14)9(2)8-11/h6-8,10H,4-5,14H2,1-3H3. The van der Waals surface area contributed by atoms with Crippen LogP contribution in [0.5, 0.6) is 0 Å². The van der Waals surface area contributed by atoms with Crippen LogP contribution in [-0.4, -0.2) is 20.2 Å². The highest BCUT2D eigenvalue weighted by Gasteiger charge is 2.14. The molecule has 0 aliphatic heterocycles. The van der Waals surface area contributed by atoms with Gasteiger partial charge in [0.1, 0.15) is 0 Å². The lowest BCUT2D eigenvalue weighted by Gasteiger charge is -2.12. The summed E-state index contributed by atoms with van der Waals surface area (Å²) in [6.07, 6.45) is 2.17. The number of hydrogen-bond acceptors (Lipinski definition) is 4. The first-order valence-corrected chi connectivity index (χ1v) is 6.27. The van der Waals surface area contributed by atoms with Gasteiger partial charge in [0.25, 0.3) is 0 Å². The molecular weight excluding hydrogens is 226 g/mol. The molecule has 0 bridgehead atoms. The zero-order valence-electron chi connectivity index (χ0n) is 11.1. The minimum absolute atomic E-state index is 0.304. The molecule has 0 aliphatic carbocycles. The molecule has 2 aromatic rings. The first-order chi connectivity index (χ1) is 8.63. The van der Waals surface area contributed by atoms with Gasteiger partial charge < -0.3 is 5.73 Å². The summed E-state index contributed by atoms with van der Waals surface area (Å²) in [7, 11) is 0. The van der Waals surface area contributed by atoms with Crippen molar-refractivity contribution in [2.45, 2.75) is 39.7 Å². The Morgan fingerprint density at radius 2 is 2.17 bits per heavy atom. The monoisotopic (exact) mass is 245 g/mol. The van der Waals surface area contributed by atoms with Crippen molar-refractivity contribution in [2.75, 3.05) is 5.73 Å². The smallest absolute Gasteiger partial charge is 0.182 e. The van der Waals surface area contributed by atoms with Gasteiger partial charge in [0.15, 0.2) is 5.82 Å². The molecule has 0 amide bonds. The third kappa shape index (κ3) is 2.34. The van der Waals surface area contributed by atoms with E-state index in [0.717, 1.165) is 35.5 Å². The van der Waals surface area contributed by atoms with Crippen LogP contribution in [-0.2, 0) is 0 Å². The second-order valence-corrected chi connectivity index (χ2v) is 4.66. The zero-order chi connectivity index (χ0) is 13.1. The van der Waals surface area contributed by atoms with Crippen LogP contribution in [0.2, 0.25) is 0 Å². The molecule has 1 heterocycles. The summed E-state index contributed by atoms with van der Waals surface area (Å²) >= 11 is 0. The highest BCUT2D eigenvalue weighted by molar-refractivity contribution is 5.61. The SMILES string of the molecule is CCCC(C)n1nnnc1-c1ccc(N)c(C)c1. The Labute approximate surface area is 107 Å². The van der Waals surface area contributed by atoms with Crippen LogP contribution < -0.4 is 5.73 Å². The van der Waals surface area contributed by atoms with Crippen molar-refractivity contribution in [3.63, 3.8) is 0 Å². The summed E-state index contributed by atoms with van der Waals surface area (Å²) in [5, 5.41) is 12.0. The lowest BCUT2D eigenvalue weighted by molar-refractivity contribution is 0.447. The van der Waals surface area contributed by atoms with Crippen molar-refractivity contribution in [3.8, 4) is 11.4 Å². The summed E-state index contributed by atoms with van der Waals surface area (Å²) in [4.78, 5) is 0. The largest absolute Gasteiger partial charge is 0.399 e. The van der Waals surface area contributed by atoms with Gasteiger partial charge in [0.2, 0.25) is 0 Å². The zero-order valence-corrected chi connectivity index (χ0v) is 11.1. The third-order valence-corrected chi connectivity index (χ3v) is 3.14. The molecule has 0 fully saturated rings. The molecule has 18 heavy (non-hydrogen) atoms. The molecule has 0 saturated carbocycles. The number of anilines is 1. The summed E-state index contributed by atoms with van der Waals surface area (Å²) in [5.74, 6) is 0.805. The Morgan fingerprint density at radius 1 is 1.39 bits per heavy atom. The second kappa shape index (κ2) is 5.16. The quantitative estimate of drug-likeness (QED) is 0.840. The van der Waals surface area contributed by atoms with E-state index in [4.69, 9.17) is 5.73 Å². The summed E-state index contributed by atoms with van der Waals surface area (Å²) in [5.41, 5.74) is 8.68. The van der Waals surface area contributed by atoms with Crippen LogP contribution in [0.15, 0.2) is 18.2 Å². The fourth-order valence-electron chi connectivity index (χ4n) is 2.04. The highest BCUT2D eigenvalue weighted by atomic mass is 15.5. The molecule has 5 nitrogen and oxygen atoms in total. The average Bonchev–Trinajstić information content (AvgIpc) is 2.82. The maximum absolute atomic E-state index is 5.83. The fraction of sp³-hybridized carbons (Fsp3) is 0.462. The Hall–Kier alpha value is -1.91. The van der Waals surface area contributed by atoms with Gasteiger partial charge in [0, 0.05) is 11.3 Å². The van der Waals surface area contributed by atoms with E-state index in [2.05, 4.69) is 29.4 Å². The van der Waals surface area contributed by atoms with Crippen molar-refractivity contribution >= 4 is 5.69 Å². The number of aryl methyl sites for hydroxylation is 1. The number of nitrogens with zero attached hydrogens (tertiary/aromatic N) is 4. The summed E-state index contributed by atoms with van der Waals surface area (Å²) in [6, 6.07) is 6.19. The van der Waals surface area contributed by atoms with Crippen LogP contribution in [0.3, 0.4) is 0 Å². The molecule has 2 N–H and O–H groups in total. The van der Waals surface area contributed by atoms with Gasteiger partial charge in [-0.1, -0.05) is 13.3 Å². The van der Waals surface area contributed by atoms with E-state index in [-0.39, 0.29) is 0 Å². The van der Waals surface area contributed by atoms with Gasteiger partial charge in [-0.3, -0.25) is 0 Å². The molecule has 5 heteroatoms. The van der Waals surface area contributed by atoms with Crippen LogP contribution >= 0.6 is 0 Å². The van der Waals surface area contributed by atoms with Crippen molar-refractivity contribution in [2.24, 2.45) is 0 Å². The normalized spacial score (nSPS) is 12.6. The van der Waals surface area contributed by atoms with E-state index in [1.165, 1.54) is 0 Å². The topological polar surface area (TPSA) is 69.6 Å². The average molecular weight is 245 g/mol. The maximum atomic E-state index is 5.83. The van der Waals surface area contributed by atoms with Crippen molar-refractivity contribution in [3.05, 3.63) is 23.8 Å². The molecular formula is C13H19N5. The first-order valence-electron chi connectivity index (χ1n) is 6.27. The minimum atomic E-state index is 0.304. The highest BCUT2D eigenvalue weighted by Crippen LogP contribution is 2.24. The van der Waals surface area contributed by atoms with Crippen molar-refractivity contribution < 1.29 is 0 Å². The van der Waals surface area contributed by atoms with Gasteiger partial charge in [-0.25, -0.2) is 4.68 Å². The molecule has 0 radical (unpaired) electrons. The van der Waals surface area contributed by atoms with Gasteiger partial charge in [-0.2, -0.15) is 0 Å². The molecule has 1 atom stereocenters. The fourth-order valence-corrected chi connectivity index (χ4v) is 2.04. The second-order valence-electron chi connectivity index (χ2n) is 4.66. The Balaban J connectivity index is 2.39. The molecule has 2 rings (SSSR count). The Bertz CT molecular complexity index is 532. The number of benzene rings is 1. The minimum Gasteiger partial charge on any atom is -0.399 e. The molecule has 0 aliphatic rings. The molecule has 1 aromatic heterocycles. The third-order valence-electron chi connectivity index (χ3n) is 3.14. The lowest BCUT2D eigenvalue weighted by Crippen LogP contribution is -2.09. The molecule has 96 valence electrons. The predicted molar refractivity (Wildman–Crippen MR) is 72.0 cm³/mol. The van der Waals surface area contributed by atoms with E-state index in [0.29, 0.717) is 6.04 Å². The van der Waals surface area contributed by atoms with Gasteiger partial charge in [-0.15, -0.1) is 5.10 Å². The van der Waals surface area contributed by atoms with Crippen LogP contribution in [0.4, 0.5) is 5.69 Å². The molecule has 0 saturated heterocycles. The number of rotatable bonds is 4. The number of hydrogen-bond donors (Lipinski definition) is 1. The van der Waals surface area contributed by atoms with Crippen LogP contribution in [0, 0.1) is 6.92 Å². The number of tetrazole rings is 1. The molecule has 0 spiro atoms. The van der Waals surface area contributed by atoms with Gasteiger partial charge in [0.05, 0.1) is 6.04 Å². The van der Waals surface area contributed by atoms with E-state index >= 15 is 0 Å². The first kappa shape index (κ1) is 12.5. The van der Waals surface area contributed by atoms with E-state index in [9.17, 15) is 0 Å². The summed E-state index contributed by atoms with van der Waals surface area (Å²) in [6.45, 7) is 6.28. The predicted octanol–water partition coefficient (Wildman–Crippen LogP) is 2.59. The van der Waals surface area contributed by atoms with Crippen molar-refractivity contribution in [1.29, 1.82) is 0 Å². The molecule has 1 unspecified atom stereocenters. The number of aromatic nitrogens is 4. The van der Waals surface area contributed by atoms with E-state index in [1.54, 1.807) is 0 Å². The van der Waals surface area contributed by atoms with E-state index in [1.807, 2.05) is 29.8 Å². The Kier molecular flexibility index (Phi) is 3.60. The lowest BCUT2D eigenvalue weighted by atomic mass is 10.1. The van der Waals surface area contributed by atoms with Crippen molar-refractivity contribution in [1.82, 2.24) is 20.2 Å². The summed E-state index contributed by atoms with van der Waals surface area (Å²) < 4.78 is 1.88. The van der Waals surface area contributed by atoms with E-state index < -0.39 is 0 Å².